The third-order valence-electron chi connectivity index (χ3n) is 10.3. The molecule has 5 rings (SSSR count). The highest BCUT2D eigenvalue weighted by atomic mass is 79.9. The van der Waals surface area contributed by atoms with Crippen molar-refractivity contribution in [3.05, 3.63) is 142 Å². The van der Waals surface area contributed by atoms with Crippen molar-refractivity contribution in [1.82, 2.24) is 21.3 Å². The highest BCUT2D eigenvalue weighted by Gasteiger charge is 2.19. The molecule has 5 aromatic carbocycles. The number of halogens is 3. The maximum absolute atomic E-state index is 11.4. The zero-order valence-corrected chi connectivity index (χ0v) is 69.8. The summed E-state index contributed by atoms with van der Waals surface area (Å²) in [5, 5.41) is 46.5. The molecule has 0 radical (unpaired) electrons. The van der Waals surface area contributed by atoms with Crippen molar-refractivity contribution in [3.8, 4) is 28.7 Å². The lowest BCUT2D eigenvalue weighted by molar-refractivity contribution is -0.385. The molecule has 29 nitrogen and oxygen atoms in total. The molecular formula is C72H115BrCl2N10O19S4. The number of carbonyl (C=O) groups excluding carboxylic acids is 5. The lowest BCUT2D eigenvalue weighted by atomic mass is 10.2. The zero-order valence-electron chi connectivity index (χ0n) is 63.4. The van der Waals surface area contributed by atoms with Crippen molar-refractivity contribution in [2.45, 2.75) is 154 Å². The normalized spacial score (nSPS) is 10.1. The van der Waals surface area contributed by atoms with Gasteiger partial charge < -0.3 is 104 Å². The number of nitrogen functional groups attached to an aromatic ring is 1. The molecule has 0 atom stereocenters. The number of thioether (sulfide) groups is 2. The van der Waals surface area contributed by atoms with Gasteiger partial charge in [0.2, 0.25) is 0 Å². The molecule has 0 saturated carbocycles. The molecule has 108 heavy (non-hydrogen) atoms. The smallest absolute Gasteiger partial charge is 0.407 e. The molecule has 36 heteroatoms. The third-order valence-corrected chi connectivity index (χ3v) is 12.8. The Hall–Kier alpha value is -8.25. The summed E-state index contributed by atoms with van der Waals surface area (Å²) in [7, 11) is 0. The van der Waals surface area contributed by atoms with E-state index in [2.05, 4.69) is 53.6 Å². The number of phenolic OH excluding ortho intramolecular Hbond substituents is 1. The number of quaternary nitrogens is 1. The van der Waals surface area contributed by atoms with Crippen LogP contribution in [0.1, 0.15) is 126 Å². The number of hydrogen-bond donors (Lipinski definition) is 9. The monoisotopic (exact) mass is 1700 g/mol. The second-order valence-electron chi connectivity index (χ2n) is 25.7. The van der Waals surface area contributed by atoms with Crippen LogP contribution in [0.4, 0.5) is 47.6 Å². The van der Waals surface area contributed by atoms with Crippen molar-refractivity contribution < 1.29 is 99.7 Å². The number of nitro groups is 2. The van der Waals surface area contributed by atoms with E-state index in [0.29, 0.717) is 50.9 Å². The quantitative estimate of drug-likeness (QED) is 0.00481. The second-order valence-corrected chi connectivity index (χ2v) is 29.5. The Morgan fingerprint density at radius 2 is 0.722 bits per heavy atom. The molecule has 0 aliphatic heterocycles. The van der Waals surface area contributed by atoms with Gasteiger partial charge in [-0.1, -0.05) is 55.2 Å². The number of nitrogens with zero attached hydrogens (tertiary/aromatic N) is 2. The lowest BCUT2D eigenvalue weighted by Gasteiger charge is -2.19. The number of hydrogen-bond acceptors (Lipinski definition) is 24. The molecule has 0 aromatic heterocycles. The summed E-state index contributed by atoms with van der Waals surface area (Å²) >= 11 is 16.3. The molecule has 0 heterocycles. The van der Waals surface area contributed by atoms with Gasteiger partial charge in [0.05, 0.1) is 29.5 Å². The number of rotatable bonds is 21. The average Bonchev–Trinajstić information content (AvgIpc) is 0.909. The first-order valence-corrected chi connectivity index (χ1v) is 36.5. The van der Waals surface area contributed by atoms with Gasteiger partial charge in [-0.3, -0.25) is 25.0 Å². The predicted molar refractivity (Wildman–Crippen MR) is 444 cm³/mol. The number of esters is 1. The number of non-ortho nitro benzene ring substituents is 2. The van der Waals surface area contributed by atoms with Crippen molar-refractivity contribution in [2.75, 3.05) is 93.4 Å². The van der Waals surface area contributed by atoms with E-state index in [1.165, 1.54) is 79.0 Å². The first-order valence-electron chi connectivity index (χ1n) is 32.1. The number of ether oxygens (including phenoxy) is 9. The first kappa shape index (κ1) is 111. The van der Waals surface area contributed by atoms with Crippen LogP contribution in [0.15, 0.2) is 121 Å². The highest BCUT2D eigenvalue weighted by Crippen LogP contribution is 2.21. The van der Waals surface area contributed by atoms with Gasteiger partial charge in [0, 0.05) is 60.1 Å². The van der Waals surface area contributed by atoms with E-state index in [9.17, 15) is 44.2 Å². The number of nitrogens with two attached hydrogens (primary N) is 1. The minimum absolute atomic E-state index is 0. The Kier molecular flexibility index (Phi) is 61.1. The predicted octanol–water partition coefficient (Wildman–Crippen LogP) is 12.9. The van der Waals surface area contributed by atoms with Gasteiger partial charge >= 0.3 is 30.3 Å². The number of alkyl halides is 1. The van der Waals surface area contributed by atoms with Gasteiger partial charge in [0.25, 0.3) is 11.4 Å². The average molecular weight is 1700 g/mol. The third kappa shape index (κ3) is 68.3. The number of nitro benzene ring substituents is 2. The summed E-state index contributed by atoms with van der Waals surface area (Å²) in [4.78, 5) is 74.7. The van der Waals surface area contributed by atoms with Crippen molar-refractivity contribution in [3.63, 3.8) is 0 Å². The fourth-order valence-electron chi connectivity index (χ4n) is 6.40. The van der Waals surface area contributed by atoms with E-state index in [0.717, 1.165) is 49.1 Å². The Labute approximate surface area is 677 Å². The zero-order chi connectivity index (χ0) is 79.7. The van der Waals surface area contributed by atoms with E-state index < -0.39 is 50.5 Å². The Balaban J connectivity index is -0.000000285. The summed E-state index contributed by atoms with van der Waals surface area (Å²) in [6, 6.07) is 33.0. The van der Waals surface area contributed by atoms with Crippen molar-refractivity contribution in [2.24, 2.45) is 0 Å². The Morgan fingerprint density at radius 1 is 0.472 bits per heavy atom. The molecule has 4 amide bonds. The molecule has 612 valence electrons. The number of aromatic hydroxyl groups is 1. The van der Waals surface area contributed by atoms with E-state index in [4.69, 9.17) is 77.9 Å². The van der Waals surface area contributed by atoms with Crippen molar-refractivity contribution in [1.29, 1.82) is 0 Å². The molecule has 0 saturated heterocycles. The van der Waals surface area contributed by atoms with Crippen LogP contribution in [0.5, 0.6) is 28.7 Å². The van der Waals surface area contributed by atoms with Gasteiger partial charge in [-0.25, -0.2) is 19.2 Å². The van der Waals surface area contributed by atoms with Crippen LogP contribution in [0.25, 0.3) is 0 Å². The van der Waals surface area contributed by atoms with E-state index in [1.54, 1.807) is 45.0 Å². The van der Waals surface area contributed by atoms with Crippen LogP contribution in [-0.2, 0) is 28.5 Å². The fourth-order valence-corrected chi connectivity index (χ4v) is 7.28. The van der Waals surface area contributed by atoms with Gasteiger partial charge in [0.15, 0.2) is 0 Å². The number of alkyl carbamates (subject to hydrolysis) is 4. The highest BCUT2D eigenvalue weighted by molar-refractivity contribution is 9.09. The molecule has 0 spiro atoms. The fraction of sp³-hybridized carbons (Fsp3) is 0.486. The van der Waals surface area contributed by atoms with Crippen LogP contribution in [0, 0.1) is 20.2 Å². The van der Waals surface area contributed by atoms with Gasteiger partial charge in [-0.05, 0) is 213 Å². The minimum Gasteiger partial charge on any atom is -1.00 e. The molecule has 0 bridgehead atoms. The maximum atomic E-state index is 11.4. The maximum Gasteiger partial charge on any atom is 0.407 e. The Bertz CT molecular complexity index is 3330. The van der Waals surface area contributed by atoms with Crippen molar-refractivity contribution >= 4 is 144 Å². The van der Waals surface area contributed by atoms with E-state index >= 15 is 0 Å². The van der Waals surface area contributed by atoms with E-state index in [-0.39, 0.29) is 87.6 Å². The number of carbonyl (C=O) groups is 5. The summed E-state index contributed by atoms with van der Waals surface area (Å²) in [6.07, 6.45) is 2.11. The lowest BCUT2D eigenvalue weighted by Crippen LogP contribution is -3.00. The number of thiocarbonyl (C=S) groups is 2. The van der Waals surface area contributed by atoms with Gasteiger partial charge in [-0.15, -0.1) is 35.9 Å². The molecule has 12 N–H and O–H groups in total. The van der Waals surface area contributed by atoms with Crippen LogP contribution < -0.4 is 74.7 Å². The summed E-state index contributed by atoms with van der Waals surface area (Å²) in [5.41, 5.74) is 9.59. The van der Waals surface area contributed by atoms with Crippen LogP contribution in [0.3, 0.4) is 0 Å². The molecule has 0 aliphatic rings. The van der Waals surface area contributed by atoms with Gasteiger partial charge in [0.1, 0.15) is 98.4 Å². The molecule has 0 unspecified atom stereocenters. The Morgan fingerprint density at radius 3 is 0.954 bits per heavy atom. The van der Waals surface area contributed by atoms with Crippen LogP contribution in [-0.4, -0.2) is 159 Å². The summed E-state index contributed by atoms with van der Waals surface area (Å²) in [5.74, 6) is 2.62. The topological polar surface area (TPSA) is 401 Å². The molecular weight excluding hydrogens is 1590 g/mol. The minimum atomic E-state index is -0.538. The number of nitrogens with one attached hydrogen (secondary N) is 6. The SMILES string of the molecule is C.C.CC(=O)OC(C)(C)C.CC(C)(C)OC(=O)NCCBr.CC(C)(C)OC(=O)NCCOc1ccc(N)cc1.CC(C)(C)OC(=O)NCCOc1ccc([N+](=O)[O-])cc1.CSC(=S)Nc1ccc(OCCNC(=O)OC(C)(C)C)cc1.CSC(=S)Nc1ccc(OCC[NH3+])cc1.Cl.O=[N+]([O-])c1ccc(O)cc1.[Cl-]. The molecule has 0 fully saturated rings. The first-order chi connectivity index (χ1) is 48.3. The van der Waals surface area contributed by atoms with Crippen LogP contribution in [0.2, 0.25) is 0 Å². The number of benzene rings is 5. The largest absolute Gasteiger partial charge is 1.00 e. The second kappa shape index (κ2) is 59.7. The van der Waals surface area contributed by atoms with Gasteiger partial charge in [-0.2, -0.15) is 0 Å². The number of anilines is 3. The van der Waals surface area contributed by atoms with E-state index in [1.807, 2.05) is 144 Å². The molecule has 0 aliphatic carbocycles. The standard InChI is InChI=1S/C15H22N2O3S2.C13H18N2O5.C13H20N2O3.C10H14N2OS2.C7H14BrNO2.C6H5NO3.C6H12O2.2CH4.2ClH/c1-15(2,3)20-13(18)16-9-10-19-12-7-5-11(6-8-12)17-14(21)22-4;1-13(2,3)20-12(16)14-8-9-19-11-6-4-10(5-7-11)15(17)18;1-13(2,3)18-12(16)15-8-9-17-11-6-4-10(14)5-7-11;1-15-10(14)12-8-2-4-9(5-3-8)13-7-6-11;1-7(2,3)11-6(10)9-5-4-8;8-6-3-1-5(2-4-6)7(9)10;1-5(7)8-6(2,3)4;;;;/h5-8H,9-10H2,1-4H3,(H,16,18)(H,17,21);4-7H,8-9H2,1-3H3,(H,14,16);4-7H,8-9,14H2,1-3H3,(H,15,16);2-5H,6-7,11H2,1H3,(H,12,14);4-5H2,1-3H3,(H,9,10);1-4,8H;1-4H3;2*1H4;2*1H. The number of amides is 4. The molecule has 5 aromatic rings. The number of phenols is 1. The summed E-state index contributed by atoms with van der Waals surface area (Å²) in [6.45, 7) is 32.7. The summed E-state index contributed by atoms with van der Waals surface area (Å²) < 4.78 is 48.2. The van der Waals surface area contributed by atoms with Crippen LogP contribution >= 0.6 is 76.3 Å².